The predicted octanol–water partition coefficient (Wildman–Crippen LogP) is 2.39. The second kappa shape index (κ2) is 7.00. The first kappa shape index (κ1) is 17.7. The van der Waals surface area contributed by atoms with Crippen molar-refractivity contribution in [2.75, 3.05) is 16.8 Å². The highest BCUT2D eigenvalue weighted by Gasteiger charge is 2.35. The zero-order valence-corrected chi connectivity index (χ0v) is 14.8. The van der Waals surface area contributed by atoms with E-state index in [0.29, 0.717) is 17.8 Å². The van der Waals surface area contributed by atoms with Crippen molar-refractivity contribution in [3.05, 3.63) is 59.2 Å². The van der Waals surface area contributed by atoms with Gasteiger partial charge in [0.2, 0.25) is 17.7 Å². The van der Waals surface area contributed by atoms with Gasteiger partial charge in [-0.2, -0.15) is 0 Å². The topological polar surface area (TPSA) is 92.5 Å². The molecule has 1 aliphatic rings. The Kier molecular flexibility index (Phi) is 4.75. The van der Waals surface area contributed by atoms with Gasteiger partial charge in [0.25, 0.3) is 0 Å². The lowest BCUT2D eigenvalue weighted by Crippen LogP contribution is -2.28. The molecule has 3 amide bonds. The number of benzene rings is 2. The number of carbonyl (C=O) groups excluding carboxylic acids is 3. The maximum absolute atomic E-state index is 12.5. The number of rotatable bonds is 4. The van der Waals surface area contributed by atoms with Crippen LogP contribution in [0.5, 0.6) is 0 Å². The Hall–Kier alpha value is -3.15. The van der Waals surface area contributed by atoms with Crippen LogP contribution in [0.25, 0.3) is 0 Å². The number of primary amides is 1. The Morgan fingerprint density at radius 3 is 2.38 bits per heavy atom. The average molecular weight is 351 g/mol. The zero-order chi connectivity index (χ0) is 18.8. The molecule has 1 aliphatic heterocycles. The van der Waals surface area contributed by atoms with Gasteiger partial charge in [-0.1, -0.05) is 6.07 Å². The summed E-state index contributed by atoms with van der Waals surface area (Å²) in [5.74, 6) is -1.21. The molecule has 0 radical (unpaired) electrons. The van der Waals surface area contributed by atoms with E-state index in [9.17, 15) is 14.4 Å². The third kappa shape index (κ3) is 3.59. The maximum atomic E-state index is 12.5. The third-order valence-corrected chi connectivity index (χ3v) is 4.73. The van der Waals surface area contributed by atoms with Crippen LogP contribution >= 0.6 is 0 Å². The van der Waals surface area contributed by atoms with Crippen LogP contribution in [-0.4, -0.2) is 24.3 Å². The van der Waals surface area contributed by atoms with E-state index >= 15 is 0 Å². The van der Waals surface area contributed by atoms with E-state index in [1.165, 1.54) is 0 Å². The first-order chi connectivity index (χ1) is 12.3. The molecule has 2 aromatic carbocycles. The lowest BCUT2D eigenvalue weighted by Gasteiger charge is -2.18. The average Bonchev–Trinajstić information content (AvgIpc) is 3.00. The van der Waals surface area contributed by atoms with Crippen molar-refractivity contribution in [3.63, 3.8) is 0 Å². The summed E-state index contributed by atoms with van der Waals surface area (Å²) in [6.45, 7) is 4.37. The minimum atomic E-state index is -0.520. The van der Waals surface area contributed by atoms with Gasteiger partial charge in [-0.25, -0.2) is 0 Å². The Labute approximate surface area is 152 Å². The Bertz CT molecular complexity index is 874. The number of hydrogen-bond donors (Lipinski definition) is 2. The fourth-order valence-corrected chi connectivity index (χ4v) is 2.99. The second-order valence-electron chi connectivity index (χ2n) is 6.60. The van der Waals surface area contributed by atoms with Crippen molar-refractivity contribution in [3.8, 4) is 0 Å². The molecule has 0 spiro atoms. The van der Waals surface area contributed by atoms with Crippen molar-refractivity contribution in [1.29, 1.82) is 0 Å². The summed E-state index contributed by atoms with van der Waals surface area (Å²) in [6, 6.07) is 12.2. The summed E-state index contributed by atoms with van der Waals surface area (Å²) >= 11 is 0. The van der Waals surface area contributed by atoms with Gasteiger partial charge < -0.3 is 16.0 Å². The summed E-state index contributed by atoms with van der Waals surface area (Å²) < 4.78 is 0. The lowest BCUT2D eigenvalue weighted by molar-refractivity contribution is -0.122. The normalized spacial score (nSPS) is 16.6. The van der Waals surface area contributed by atoms with Gasteiger partial charge in [-0.3, -0.25) is 14.4 Å². The first-order valence-corrected chi connectivity index (χ1v) is 8.43. The van der Waals surface area contributed by atoms with E-state index in [1.54, 1.807) is 29.2 Å². The van der Waals surface area contributed by atoms with Gasteiger partial charge >= 0.3 is 0 Å². The molecule has 0 aromatic heterocycles. The van der Waals surface area contributed by atoms with Crippen molar-refractivity contribution in [2.24, 2.45) is 11.7 Å². The third-order valence-electron chi connectivity index (χ3n) is 4.73. The van der Waals surface area contributed by atoms with Gasteiger partial charge in [0.15, 0.2) is 0 Å². The lowest BCUT2D eigenvalue weighted by atomic mass is 10.1. The fourth-order valence-electron chi connectivity index (χ4n) is 2.99. The van der Waals surface area contributed by atoms with E-state index in [2.05, 4.69) is 5.32 Å². The van der Waals surface area contributed by atoms with E-state index in [0.717, 1.165) is 16.8 Å². The summed E-state index contributed by atoms with van der Waals surface area (Å²) in [6.07, 6.45) is 0.179. The highest BCUT2D eigenvalue weighted by atomic mass is 16.2. The number of nitrogens with two attached hydrogens (primary N) is 1. The first-order valence-electron chi connectivity index (χ1n) is 8.43. The molecule has 2 aromatic rings. The summed E-state index contributed by atoms with van der Waals surface area (Å²) in [5, 5.41) is 2.79. The number of aryl methyl sites for hydroxylation is 2. The molecule has 1 saturated heterocycles. The molecule has 0 aliphatic carbocycles. The minimum Gasteiger partial charge on any atom is -0.366 e. The van der Waals surface area contributed by atoms with E-state index in [-0.39, 0.29) is 18.2 Å². The van der Waals surface area contributed by atoms with Gasteiger partial charge in [-0.05, 0) is 61.4 Å². The Morgan fingerprint density at radius 1 is 1.08 bits per heavy atom. The molecule has 6 heteroatoms. The smallest absolute Gasteiger partial charge is 0.248 e. The number of nitrogens with one attached hydrogen (secondary N) is 1. The van der Waals surface area contributed by atoms with Crippen LogP contribution in [0.2, 0.25) is 0 Å². The molecule has 1 unspecified atom stereocenters. The van der Waals surface area contributed by atoms with Crippen LogP contribution in [0, 0.1) is 19.8 Å². The predicted molar refractivity (Wildman–Crippen MR) is 100.0 cm³/mol. The minimum absolute atomic E-state index is 0.0579. The number of carbonyl (C=O) groups is 3. The van der Waals surface area contributed by atoms with Gasteiger partial charge in [-0.15, -0.1) is 0 Å². The number of amides is 3. The van der Waals surface area contributed by atoms with Crippen LogP contribution < -0.4 is 16.0 Å². The molecule has 0 bridgehead atoms. The fraction of sp³-hybridized carbons (Fsp3) is 0.250. The Morgan fingerprint density at radius 2 is 1.77 bits per heavy atom. The van der Waals surface area contributed by atoms with Crippen LogP contribution in [0.1, 0.15) is 27.9 Å². The van der Waals surface area contributed by atoms with Gasteiger partial charge in [0.05, 0.1) is 5.92 Å². The van der Waals surface area contributed by atoms with Crippen LogP contribution in [0.3, 0.4) is 0 Å². The van der Waals surface area contributed by atoms with Crippen molar-refractivity contribution in [1.82, 2.24) is 0 Å². The van der Waals surface area contributed by atoms with Crippen LogP contribution in [0.4, 0.5) is 11.4 Å². The maximum Gasteiger partial charge on any atom is 0.248 e. The largest absolute Gasteiger partial charge is 0.366 e. The molecular weight excluding hydrogens is 330 g/mol. The van der Waals surface area contributed by atoms with Crippen LogP contribution in [0.15, 0.2) is 42.5 Å². The summed E-state index contributed by atoms with van der Waals surface area (Å²) in [5.41, 5.74) is 9.23. The zero-order valence-electron chi connectivity index (χ0n) is 14.8. The van der Waals surface area contributed by atoms with Crippen molar-refractivity contribution >= 4 is 29.1 Å². The van der Waals surface area contributed by atoms with Crippen LogP contribution in [-0.2, 0) is 9.59 Å². The molecule has 1 heterocycles. The highest BCUT2D eigenvalue weighted by Crippen LogP contribution is 2.27. The molecule has 3 rings (SSSR count). The van der Waals surface area contributed by atoms with Crippen molar-refractivity contribution < 1.29 is 14.4 Å². The quantitative estimate of drug-likeness (QED) is 0.886. The van der Waals surface area contributed by atoms with Gasteiger partial charge in [0.1, 0.15) is 0 Å². The number of anilines is 2. The summed E-state index contributed by atoms with van der Waals surface area (Å²) in [4.78, 5) is 37.6. The Balaban J connectivity index is 1.68. The molecule has 1 fully saturated rings. The van der Waals surface area contributed by atoms with E-state index < -0.39 is 11.8 Å². The van der Waals surface area contributed by atoms with Crippen molar-refractivity contribution in [2.45, 2.75) is 20.3 Å². The second-order valence-corrected chi connectivity index (χ2v) is 6.60. The van der Waals surface area contributed by atoms with E-state index in [4.69, 9.17) is 5.73 Å². The molecular formula is C20H21N3O3. The molecule has 1 atom stereocenters. The van der Waals surface area contributed by atoms with E-state index in [1.807, 2.05) is 32.0 Å². The summed E-state index contributed by atoms with van der Waals surface area (Å²) in [7, 11) is 0. The number of nitrogens with zero attached hydrogens (tertiary/aromatic N) is 1. The molecule has 26 heavy (non-hydrogen) atoms. The SMILES string of the molecule is Cc1ccc(N2CC(C(=O)Nc3ccc(C(N)=O)cc3)CC2=O)cc1C. The molecule has 6 nitrogen and oxygen atoms in total. The standard InChI is InChI=1S/C20H21N3O3/c1-12-3-8-17(9-13(12)2)23-11-15(10-18(23)24)20(26)22-16-6-4-14(5-7-16)19(21)25/h3-9,15H,10-11H2,1-2H3,(H2,21,25)(H,22,26). The van der Waals surface area contributed by atoms with Gasteiger partial charge in [0, 0.05) is 29.9 Å². The molecule has 134 valence electrons. The highest BCUT2D eigenvalue weighted by molar-refractivity contribution is 6.03. The molecule has 0 saturated carbocycles. The molecule has 3 N–H and O–H groups in total. The monoisotopic (exact) mass is 351 g/mol. The number of hydrogen-bond acceptors (Lipinski definition) is 3.